The van der Waals surface area contributed by atoms with E-state index in [2.05, 4.69) is 13.0 Å². The molecule has 0 saturated heterocycles. The molecule has 0 saturated carbocycles. The predicted molar refractivity (Wildman–Crippen MR) is 66.4 cm³/mol. The van der Waals surface area contributed by atoms with Crippen LogP contribution < -0.4 is 15.2 Å². The maximum absolute atomic E-state index is 5.85. The molecule has 0 aliphatic heterocycles. The fourth-order valence-corrected chi connectivity index (χ4v) is 2.02. The Morgan fingerprint density at radius 2 is 1.69 bits per heavy atom. The molecule has 16 heavy (non-hydrogen) atoms. The molecule has 90 valence electrons. The molecule has 0 heterocycles. The first-order chi connectivity index (χ1) is 7.51. The Kier molecular flexibility index (Phi) is 4.19. The molecule has 3 nitrogen and oxygen atoms in total. The van der Waals surface area contributed by atoms with Crippen LogP contribution in [0.2, 0.25) is 0 Å². The summed E-state index contributed by atoms with van der Waals surface area (Å²) in [5.41, 5.74) is 9.28. The fourth-order valence-electron chi connectivity index (χ4n) is 2.02. The largest absolute Gasteiger partial charge is 0.493 e. The highest BCUT2D eigenvalue weighted by molar-refractivity contribution is 5.55. The summed E-state index contributed by atoms with van der Waals surface area (Å²) in [7, 11) is 3.33. The van der Waals surface area contributed by atoms with Gasteiger partial charge in [0.2, 0.25) is 0 Å². The number of ether oxygens (including phenoxy) is 2. The molecule has 1 aromatic rings. The maximum Gasteiger partial charge on any atom is 0.164 e. The Balaban J connectivity index is 3.34. The number of rotatable bonds is 4. The zero-order chi connectivity index (χ0) is 12.3. The van der Waals surface area contributed by atoms with Gasteiger partial charge in [-0.1, -0.05) is 6.07 Å². The average Bonchev–Trinajstić information content (AvgIpc) is 2.20. The van der Waals surface area contributed by atoms with Crippen molar-refractivity contribution in [3.05, 3.63) is 22.8 Å². The van der Waals surface area contributed by atoms with Crippen molar-refractivity contribution in [2.24, 2.45) is 5.73 Å². The van der Waals surface area contributed by atoms with Crippen molar-refractivity contribution in [3.8, 4) is 11.5 Å². The summed E-state index contributed by atoms with van der Waals surface area (Å²) < 4.78 is 10.8. The Labute approximate surface area is 97.6 Å². The molecular weight excluding hydrogens is 202 g/mol. The number of hydrogen-bond donors (Lipinski definition) is 1. The van der Waals surface area contributed by atoms with Crippen LogP contribution in [0.15, 0.2) is 6.07 Å². The number of nitrogens with two attached hydrogens (primary N) is 1. The van der Waals surface area contributed by atoms with Crippen LogP contribution in [0, 0.1) is 13.8 Å². The molecule has 3 heteroatoms. The molecule has 1 aromatic carbocycles. The Morgan fingerprint density at radius 1 is 1.12 bits per heavy atom. The van der Waals surface area contributed by atoms with Crippen molar-refractivity contribution in [1.29, 1.82) is 0 Å². The van der Waals surface area contributed by atoms with Crippen LogP contribution in [0.3, 0.4) is 0 Å². The molecule has 0 aliphatic carbocycles. The quantitative estimate of drug-likeness (QED) is 0.851. The Hall–Kier alpha value is -1.22. The Bertz CT molecular complexity index is 373. The maximum atomic E-state index is 5.85. The van der Waals surface area contributed by atoms with Gasteiger partial charge in [0.1, 0.15) is 0 Å². The van der Waals surface area contributed by atoms with Gasteiger partial charge in [0.25, 0.3) is 0 Å². The van der Waals surface area contributed by atoms with E-state index in [0.717, 1.165) is 29.0 Å². The lowest BCUT2D eigenvalue weighted by molar-refractivity contribution is 0.348. The second kappa shape index (κ2) is 5.21. The van der Waals surface area contributed by atoms with E-state index in [-0.39, 0.29) is 6.04 Å². The third-order valence-corrected chi connectivity index (χ3v) is 2.68. The topological polar surface area (TPSA) is 44.5 Å². The summed E-state index contributed by atoms with van der Waals surface area (Å²) >= 11 is 0. The van der Waals surface area contributed by atoms with Gasteiger partial charge in [-0.2, -0.15) is 0 Å². The SMILES string of the molecule is COc1c(C)cc(C)c(CC(C)N)c1OC. The lowest BCUT2D eigenvalue weighted by Crippen LogP contribution is -2.19. The van der Waals surface area contributed by atoms with Crippen LogP contribution in [0.5, 0.6) is 11.5 Å². The molecule has 0 amide bonds. The van der Waals surface area contributed by atoms with Crippen LogP contribution in [0.25, 0.3) is 0 Å². The fraction of sp³-hybridized carbons (Fsp3) is 0.538. The average molecular weight is 223 g/mol. The summed E-state index contributed by atoms with van der Waals surface area (Å²) in [5, 5.41) is 0. The van der Waals surface area contributed by atoms with Crippen LogP contribution in [0.4, 0.5) is 0 Å². The summed E-state index contributed by atoms with van der Waals surface area (Å²) in [5.74, 6) is 1.63. The van der Waals surface area contributed by atoms with Crippen molar-refractivity contribution in [3.63, 3.8) is 0 Å². The van der Waals surface area contributed by atoms with Crippen molar-refractivity contribution in [2.45, 2.75) is 33.2 Å². The van der Waals surface area contributed by atoms with E-state index in [1.165, 1.54) is 5.56 Å². The molecule has 1 rings (SSSR count). The minimum Gasteiger partial charge on any atom is -0.493 e. The number of benzene rings is 1. The van der Waals surface area contributed by atoms with E-state index in [1.807, 2.05) is 13.8 Å². The van der Waals surface area contributed by atoms with E-state index in [0.29, 0.717) is 0 Å². The summed E-state index contributed by atoms with van der Waals surface area (Å²) in [6.07, 6.45) is 0.797. The van der Waals surface area contributed by atoms with E-state index in [9.17, 15) is 0 Å². The third-order valence-electron chi connectivity index (χ3n) is 2.68. The summed E-state index contributed by atoms with van der Waals surface area (Å²) in [6, 6.07) is 2.22. The van der Waals surface area contributed by atoms with Gasteiger partial charge >= 0.3 is 0 Å². The Morgan fingerprint density at radius 3 is 2.12 bits per heavy atom. The van der Waals surface area contributed by atoms with Gasteiger partial charge in [-0.3, -0.25) is 0 Å². The van der Waals surface area contributed by atoms with Crippen molar-refractivity contribution in [2.75, 3.05) is 14.2 Å². The van der Waals surface area contributed by atoms with Gasteiger partial charge in [0, 0.05) is 11.6 Å². The normalized spacial score (nSPS) is 12.4. The minimum absolute atomic E-state index is 0.111. The van der Waals surface area contributed by atoms with Gasteiger partial charge in [-0.15, -0.1) is 0 Å². The molecular formula is C13H21NO2. The first-order valence-electron chi connectivity index (χ1n) is 5.47. The van der Waals surface area contributed by atoms with E-state index in [1.54, 1.807) is 14.2 Å². The summed E-state index contributed by atoms with van der Waals surface area (Å²) in [6.45, 7) is 6.09. The zero-order valence-electron chi connectivity index (χ0n) is 10.8. The number of aryl methyl sites for hydroxylation is 2. The van der Waals surface area contributed by atoms with Crippen LogP contribution in [-0.4, -0.2) is 20.3 Å². The number of methoxy groups -OCH3 is 2. The second-order valence-corrected chi connectivity index (χ2v) is 4.24. The molecule has 0 aliphatic rings. The van der Waals surface area contributed by atoms with Gasteiger partial charge < -0.3 is 15.2 Å². The molecule has 0 spiro atoms. The second-order valence-electron chi connectivity index (χ2n) is 4.24. The van der Waals surface area contributed by atoms with Crippen LogP contribution >= 0.6 is 0 Å². The minimum atomic E-state index is 0.111. The summed E-state index contributed by atoms with van der Waals surface area (Å²) in [4.78, 5) is 0. The molecule has 0 bridgehead atoms. The van der Waals surface area contributed by atoms with Crippen molar-refractivity contribution in [1.82, 2.24) is 0 Å². The van der Waals surface area contributed by atoms with Crippen molar-refractivity contribution >= 4 is 0 Å². The predicted octanol–water partition coefficient (Wildman–Crippen LogP) is 2.21. The highest BCUT2D eigenvalue weighted by Crippen LogP contribution is 2.37. The number of hydrogen-bond acceptors (Lipinski definition) is 3. The highest BCUT2D eigenvalue weighted by Gasteiger charge is 2.16. The molecule has 1 atom stereocenters. The molecule has 2 N–H and O–H groups in total. The van der Waals surface area contributed by atoms with E-state index < -0.39 is 0 Å². The lowest BCUT2D eigenvalue weighted by Gasteiger charge is -2.18. The van der Waals surface area contributed by atoms with Gasteiger partial charge in [-0.05, 0) is 38.3 Å². The molecule has 1 unspecified atom stereocenters. The van der Waals surface area contributed by atoms with Gasteiger partial charge in [0.05, 0.1) is 14.2 Å². The van der Waals surface area contributed by atoms with E-state index in [4.69, 9.17) is 15.2 Å². The van der Waals surface area contributed by atoms with Gasteiger partial charge in [-0.25, -0.2) is 0 Å². The van der Waals surface area contributed by atoms with Crippen LogP contribution in [0.1, 0.15) is 23.6 Å². The smallest absolute Gasteiger partial charge is 0.164 e. The zero-order valence-corrected chi connectivity index (χ0v) is 10.8. The standard InChI is InChI=1S/C13H21NO2/c1-8-6-9(2)12(15-4)13(16-5)11(8)7-10(3)14/h6,10H,7,14H2,1-5H3. The van der Waals surface area contributed by atoms with Crippen molar-refractivity contribution < 1.29 is 9.47 Å². The third kappa shape index (κ3) is 2.47. The molecule has 0 radical (unpaired) electrons. The first kappa shape index (κ1) is 12.8. The first-order valence-corrected chi connectivity index (χ1v) is 5.47. The highest BCUT2D eigenvalue weighted by atomic mass is 16.5. The van der Waals surface area contributed by atoms with Gasteiger partial charge in [0.15, 0.2) is 11.5 Å². The molecule has 0 fully saturated rings. The van der Waals surface area contributed by atoms with E-state index >= 15 is 0 Å². The monoisotopic (exact) mass is 223 g/mol. The van der Waals surface area contributed by atoms with Crippen LogP contribution in [-0.2, 0) is 6.42 Å². The lowest BCUT2D eigenvalue weighted by atomic mass is 9.98. The molecule has 0 aromatic heterocycles.